The van der Waals surface area contributed by atoms with Gasteiger partial charge >= 0.3 is 0 Å². The highest BCUT2D eigenvalue weighted by molar-refractivity contribution is 7.15. The largest absolute Gasteiger partial charge is 0.490 e. The third-order valence-electron chi connectivity index (χ3n) is 4.46. The lowest BCUT2D eigenvalue weighted by atomic mass is 10.1. The van der Waals surface area contributed by atoms with Crippen LogP contribution in [-0.2, 0) is 4.79 Å². The number of aromatic nitrogens is 2. The monoisotopic (exact) mass is 417 g/mol. The highest BCUT2D eigenvalue weighted by Crippen LogP contribution is 2.30. The molecule has 1 amide bonds. The van der Waals surface area contributed by atoms with Crippen molar-refractivity contribution in [1.82, 2.24) is 10.2 Å². The molecule has 0 bridgehead atoms. The molecule has 6 nitrogen and oxygen atoms in total. The third-order valence-corrected chi connectivity index (χ3v) is 5.46. The van der Waals surface area contributed by atoms with Gasteiger partial charge in [0.15, 0.2) is 11.5 Å². The second-order valence-corrected chi connectivity index (χ2v) is 7.63. The van der Waals surface area contributed by atoms with E-state index in [0.29, 0.717) is 30.0 Å². The van der Waals surface area contributed by atoms with Gasteiger partial charge in [-0.05, 0) is 50.0 Å². The lowest BCUT2D eigenvalue weighted by Gasteiger charge is -2.12. The number of ether oxygens (including phenoxy) is 2. The molecule has 2 aromatic rings. The Morgan fingerprint density at radius 1 is 1.14 bits per heavy atom. The van der Waals surface area contributed by atoms with E-state index in [-0.39, 0.29) is 5.91 Å². The predicted octanol–water partition coefficient (Wildman–Crippen LogP) is 5.67. The molecule has 1 aromatic carbocycles. The normalized spacial score (nSPS) is 11.2. The Morgan fingerprint density at radius 3 is 2.62 bits per heavy atom. The number of hydrogen-bond donors (Lipinski definition) is 1. The second-order valence-electron chi connectivity index (χ2n) is 6.62. The molecule has 1 N–H and O–H groups in total. The van der Waals surface area contributed by atoms with Gasteiger partial charge in [-0.1, -0.05) is 44.6 Å². The molecule has 0 spiro atoms. The zero-order chi connectivity index (χ0) is 21.1. The lowest BCUT2D eigenvalue weighted by Crippen LogP contribution is -2.07. The van der Waals surface area contributed by atoms with Crippen LogP contribution in [0.1, 0.15) is 69.9 Å². The van der Waals surface area contributed by atoms with Crippen molar-refractivity contribution in [1.29, 1.82) is 0 Å². The molecule has 2 rings (SSSR count). The molecule has 0 aliphatic carbocycles. The van der Waals surface area contributed by atoms with E-state index in [2.05, 4.69) is 36.3 Å². The minimum absolute atomic E-state index is 0.238. The molecule has 158 valence electrons. The molecular weight excluding hydrogens is 386 g/mol. The number of benzene rings is 1. The number of carbonyl (C=O) groups is 1. The molecule has 7 heteroatoms. The minimum Gasteiger partial charge on any atom is -0.490 e. The van der Waals surface area contributed by atoms with Crippen LogP contribution in [0, 0.1) is 0 Å². The first-order valence-electron chi connectivity index (χ1n) is 10.3. The Hall–Kier alpha value is -2.41. The van der Waals surface area contributed by atoms with E-state index in [4.69, 9.17) is 9.47 Å². The summed E-state index contributed by atoms with van der Waals surface area (Å²) in [7, 11) is 0. The molecule has 1 aromatic heterocycles. The maximum atomic E-state index is 12.2. The van der Waals surface area contributed by atoms with Gasteiger partial charge in [0.05, 0.1) is 13.2 Å². The quantitative estimate of drug-likeness (QED) is 0.356. The summed E-state index contributed by atoms with van der Waals surface area (Å²) < 4.78 is 11.5. The van der Waals surface area contributed by atoms with Crippen LogP contribution in [0.2, 0.25) is 0 Å². The number of hydrogen-bond acceptors (Lipinski definition) is 6. The van der Waals surface area contributed by atoms with Gasteiger partial charge in [0.1, 0.15) is 5.01 Å². The van der Waals surface area contributed by atoms with Crippen molar-refractivity contribution in [2.24, 2.45) is 0 Å². The Morgan fingerprint density at radius 2 is 1.93 bits per heavy atom. The van der Waals surface area contributed by atoms with E-state index >= 15 is 0 Å². The highest BCUT2D eigenvalue weighted by atomic mass is 32.1. The highest BCUT2D eigenvalue weighted by Gasteiger charge is 2.14. The van der Waals surface area contributed by atoms with E-state index in [0.717, 1.165) is 42.0 Å². The fourth-order valence-corrected chi connectivity index (χ4v) is 3.76. The maximum absolute atomic E-state index is 12.2. The summed E-state index contributed by atoms with van der Waals surface area (Å²) in [5.41, 5.74) is 0.862. The molecule has 1 heterocycles. The predicted molar refractivity (Wildman–Crippen MR) is 119 cm³/mol. The SMILES string of the molecule is CCCCOc1ccc(/C=C/C(=O)Nc2nnc(C(CC)CC)s2)cc1OCC. The van der Waals surface area contributed by atoms with Crippen LogP contribution in [0.25, 0.3) is 6.08 Å². The topological polar surface area (TPSA) is 73.3 Å². The van der Waals surface area contributed by atoms with E-state index < -0.39 is 0 Å². The molecule has 0 unspecified atom stereocenters. The van der Waals surface area contributed by atoms with Crippen LogP contribution in [-0.4, -0.2) is 29.3 Å². The van der Waals surface area contributed by atoms with E-state index in [1.807, 2.05) is 25.1 Å². The van der Waals surface area contributed by atoms with Crippen LogP contribution >= 0.6 is 11.3 Å². The first-order valence-corrected chi connectivity index (χ1v) is 11.1. The summed E-state index contributed by atoms with van der Waals surface area (Å²) in [4.78, 5) is 12.2. The molecule has 0 saturated carbocycles. The third kappa shape index (κ3) is 7.16. The number of anilines is 1. The van der Waals surface area contributed by atoms with Crippen LogP contribution in [0.4, 0.5) is 5.13 Å². The fourth-order valence-electron chi connectivity index (χ4n) is 2.75. The van der Waals surface area contributed by atoms with Crippen LogP contribution in [0.5, 0.6) is 11.5 Å². The Labute approximate surface area is 177 Å². The molecule has 0 radical (unpaired) electrons. The Balaban J connectivity index is 2.00. The maximum Gasteiger partial charge on any atom is 0.250 e. The van der Waals surface area contributed by atoms with Crippen LogP contribution < -0.4 is 14.8 Å². The van der Waals surface area contributed by atoms with Gasteiger partial charge < -0.3 is 9.47 Å². The van der Waals surface area contributed by atoms with Crippen molar-refractivity contribution in [3.63, 3.8) is 0 Å². The summed E-state index contributed by atoms with van der Waals surface area (Å²) in [5, 5.41) is 12.6. The molecule has 0 aliphatic rings. The molecule has 0 fully saturated rings. The smallest absolute Gasteiger partial charge is 0.250 e. The van der Waals surface area contributed by atoms with E-state index in [9.17, 15) is 4.79 Å². The number of nitrogens with zero attached hydrogens (tertiary/aromatic N) is 2. The van der Waals surface area contributed by atoms with Crippen LogP contribution in [0.3, 0.4) is 0 Å². The lowest BCUT2D eigenvalue weighted by molar-refractivity contribution is -0.111. The molecule has 0 aliphatic heterocycles. The second kappa shape index (κ2) is 12.2. The standard InChI is InChI=1S/C22H31N3O3S/c1-5-9-14-28-18-12-10-16(15-19(18)27-8-4)11-13-20(26)23-22-25-24-21(29-22)17(6-2)7-3/h10-13,15,17H,5-9,14H2,1-4H3,(H,23,25,26)/b13-11+. The van der Waals surface area contributed by atoms with Crippen molar-refractivity contribution < 1.29 is 14.3 Å². The van der Waals surface area contributed by atoms with Crippen LogP contribution in [0.15, 0.2) is 24.3 Å². The van der Waals surface area contributed by atoms with E-state index in [1.165, 1.54) is 17.4 Å². The first kappa shape index (κ1) is 22.9. The summed E-state index contributed by atoms with van der Waals surface area (Å²) in [5.74, 6) is 1.57. The zero-order valence-electron chi connectivity index (χ0n) is 17.7. The number of nitrogens with one attached hydrogen (secondary N) is 1. The molecule has 0 saturated heterocycles. The van der Waals surface area contributed by atoms with Crippen molar-refractivity contribution >= 4 is 28.5 Å². The van der Waals surface area contributed by atoms with Crippen molar-refractivity contribution in [3.8, 4) is 11.5 Å². The van der Waals surface area contributed by atoms with Gasteiger partial charge in [-0.2, -0.15) is 0 Å². The van der Waals surface area contributed by atoms with E-state index in [1.54, 1.807) is 6.08 Å². The summed E-state index contributed by atoms with van der Waals surface area (Å²) >= 11 is 1.44. The summed E-state index contributed by atoms with van der Waals surface area (Å²) in [6.07, 6.45) is 7.33. The van der Waals surface area contributed by atoms with Crippen molar-refractivity contribution in [3.05, 3.63) is 34.8 Å². The van der Waals surface area contributed by atoms with Gasteiger partial charge in [-0.15, -0.1) is 10.2 Å². The van der Waals surface area contributed by atoms with Gasteiger partial charge in [0, 0.05) is 12.0 Å². The van der Waals surface area contributed by atoms with Crippen molar-refractivity contribution in [2.45, 2.75) is 59.3 Å². The average Bonchev–Trinajstić information content (AvgIpc) is 3.17. The summed E-state index contributed by atoms with van der Waals surface area (Å²) in [6.45, 7) is 9.53. The average molecular weight is 418 g/mol. The molecule has 29 heavy (non-hydrogen) atoms. The van der Waals surface area contributed by atoms with Gasteiger partial charge in [0.2, 0.25) is 11.0 Å². The van der Waals surface area contributed by atoms with Crippen molar-refractivity contribution in [2.75, 3.05) is 18.5 Å². The Bertz CT molecular complexity index is 800. The zero-order valence-corrected chi connectivity index (χ0v) is 18.6. The Kier molecular flexibility index (Phi) is 9.64. The number of unbranched alkanes of at least 4 members (excludes halogenated alkanes) is 1. The van der Waals surface area contributed by atoms with Gasteiger partial charge in [-0.3, -0.25) is 10.1 Å². The number of amides is 1. The first-order chi connectivity index (χ1) is 14.1. The van der Waals surface area contributed by atoms with Gasteiger partial charge in [-0.25, -0.2) is 0 Å². The number of rotatable bonds is 12. The fraction of sp³-hybridized carbons (Fsp3) is 0.500. The molecular formula is C22H31N3O3S. The van der Waals surface area contributed by atoms with Gasteiger partial charge in [0.25, 0.3) is 0 Å². The molecule has 0 atom stereocenters. The minimum atomic E-state index is -0.238. The number of carbonyl (C=O) groups excluding carboxylic acids is 1. The summed E-state index contributed by atoms with van der Waals surface area (Å²) in [6, 6.07) is 5.67.